The molecule has 0 saturated heterocycles. The predicted molar refractivity (Wildman–Crippen MR) is 106 cm³/mol. The molecule has 5 heteroatoms. The largest absolute Gasteiger partial charge is 0.573 e. The van der Waals surface area contributed by atoms with Crippen LogP contribution in [0.3, 0.4) is 0 Å². The molecule has 28 heavy (non-hydrogen) atoms. The maximum absolute atomic E-state index is 12.3. The molecule has 1 unspecified atom stereocenters. The lowest BCUT2D eigenvalue weighted by molar-refractivity contribution is -0.274. The maximum Gasteiger partial charge on any atom is 0.573 e. The molecule has 3 rings (SSSR count). The van der Waals surface area contributed by atoms with Crippen LogP contribution in [-0.4, -0.2) is 12.9 Å². The molecule has 0 aliphatic carbocycles. The summed E-state index contributed by atoms with van der Waals surface area (Å²) < 4.78 is 40.9. The van der Waals surface area contributed by atoms with Gasteiger partial charge < -0.3 is 10.1 Å². The number of ether oxygens (including phenoxy) is 1. The number of hydrogen-bond donors (Lipinski definition) is 1. The first-order valence-corrected chi connectivity index (χ1v) is 9.48. The second-order valence-corrected chi connectivity index (χ2v) is 6.90. The lowest BCUT2D eigenvalue weighted by atomic mass is 9.99. The highest BCUT2D eigenvalue weighted by atomic mass is 19.4. The summed E-state index contributed by atoms with van der Waals surface area (Å²) in [6.45, 7) is 3.00. The number of fused-ring (bicyclic) bond motifs is 1. The third-order valence-corrected chi connectivity index (χ3v) is 4.76. The van der Waals surface area contributed by atoms with Crippen molar-refractivity contribution in [1.82, 2.24) is 5.32 Å². The fourth-order valence-electron chi connectivity index (χ4n) is 3.41. The monoisotopic (exact) mass is 387 g/mol. The van der Waals surface area contributed by atoms with E-state index < -0.39 is 6.36 Å². The highest BCUT2D eigenvalue weighted by Crippen LogP contribution is 2.25. The summed E-state index contributed by atoms with van der Waals surface area (Å²) in [4.78, 5) is 0. The van der Waals surface area contributed by atoms with Crippen LogP contribution in [0, 0.1) is 0 Å². The molecule has 1 atom stereocenters. The smallest absolute Gasteiger partial charge is 0.406 e. The normalized spacial score (nSPS) is 12.9. The molecular formula is C23H24F3NO. The van der Waals surface area contributed by atoms with Crippen LogP contribution < -0.4 is 10.1 Å². The highest BCUT2D eigenvalue weighted by molar-refractivity contribution is 5.86. The SMILES string of the molecule is CC(NCCCCc1cccc(OC(F)(F)F)c1)c1cccc2ccccc12. The van der Waals surface area contributed by atoms with Gasteiger partial charge in [0.2, 0.25) is 0 Å². The molecule has 0 amide bonds. The summed E-state index contributed by atoms with van der Waals surface area (Å²) >= 11 is 0. The van der Waals surface area contributed by atoms with Crippen molar-refractivity contribution in [3.63, 3.8) is 0 Å². The van der Waals surface area contributed by atoms with Crippen LogP contribution in [0.4, 0.5) is 13.2 Å². The summed E-state index contributed by atoms with van der Waals surface area (Å²) in [7, 11) is 0. The number of aryl methyl sites for hydroxylation is 1. The van der Waals surface area contributed by atoms with Crippen LogP contribution in [-0.2, 0) is 6.42 Å². The first-order valence-electron chi connectivity index (χ1n) is 9.48. The Balaban J connectivity index is 1.46. The minimum Gasteiger partial charge on any atom is -0.406 e. The molecule has 3 aromatic rings. The third-order valence-electron chi connectivity index (χ3n) is 4.76. The number of alkyl halides is 3. The van der Waals surface area contributed by atoms with Crippen molar-refractivity contribution in [3.8, 4) is 5.75 Å². The van der Waals surface area contributed by atoms with Gasteiger partial charge in [-0.2, -0.15) is 0 Å². The summed E-state index contributed by atoms with van der Waals surface area (Å²) in [5, 5.41) is 6.03. The van der Waals surface area contributed by atoms with E-state index >= 15 is 0 Å². The Morgan fingerprint density at radius 3 is 2.50 bits per heavy atom. The molecule has 0 spiro atoms. The number of benzene rings is 3. The van der Waals surface area contributed by atoms with Gasteiger partial charge in [-0.05, 0) is 66.8 Å². The highest BCUT2D eigenvalue weighted by Gasteiger charge is 2.31. The molecule has 3 aromatic carbocycles. The van der Waals surface area contributed by atoms with Gasteiger partial charge in [-0.15, -0.1) is 13.2 Å². The molecule has 0 saturated carbocycles. The van der Waals surface area contributed by atoms with Crippen molar-refractivity contribution in [2.75, 3.05) is 6.54 Å². The van der Waals surface area contributed by atoms with Crippen molar-refractivity contribution >= 4 is 10.8 Å². The van der Waals surface area contributed by atoms with E-state index in [4.69, 9.17) is 0 Å². The quantitative estimate of drug-likeness (QED) is 0.451. The van der Waals surface area contributed by atoms with Crippen LogP contribution in [0.15, 0.2) is 66.7 Å². The molecule has 2 nitrogen and oxygen atoms in total. The lowest BCUT2D eigenvalue weighted by Gasteiger charge is -2.16. The van der Waals surface area contributed by atoms with Gasteiger partial charge in [0.25, 0.3) is 0 Å². The van der Waals surface area contributed by atoms with Crippen molar-refractivity contribution < 1.29 is 17.9 Å². The van der Waals surface area contributed by atoms with Gasteiger partial charge in [-0.25, -0.2) is 0 Å². The van der Waals surface area contributed by atoms with Crippen LogP contribution >= 0.6 is 0 Å². The van der Waals surface area contributed by atoms with E-state index in [1.54, 1.807) is 6.07 Å². The Morgan fingerprint density at radius 2 is 1.68 bits per heavy atom. The average molecular weight is 387 g/mol. The Morgan fingerprint density at radius 1 is 0.929 bits per heavy atom. The average Bonchev–Trinajstić information content (AvgIpc) is 2.66. The summed E-state index contributed by atoms with van der Waals surface area (Å²) in [6.07, 6.45) is -2.09. The number of unbranched alkanes of at least 4 members (excludes halogenated alkanes) is 1. The topological polar surface area (TPSA) is 21.3 Å². The Labute approximate surface area is 163 Å². The zero-order valence-corrected chi connectivity index (χ0v) is 15.8. The standard InChI is InChI=1S/C23H24F3NO/c1-17(21-14-7-11-19-10-2-3-13-22(19)21)27-15-5-4-8-18-9-6-12-20(16-18)28-23(24,25)26/h2-3,6-7,9-14,16-17,27H,4-5,8,15H2,1H3. The molecule has 0 bridgehead atoms. The number of halogens is 3. The summed E-state index contributed by atoms with van der Waals surface area (Å²) in [5.41, 5.74) is 2.12. The lowest BCUT2D eigenvalue weighted by Crippen LogP contribution is -2.20. The van der Waals surface area contributed by atoms with E-state index in [1.807, 2.05) is 12.1 Å². The Bertz CT molecular complexity index is 902. The summed E-state index contributed by atoms with van der Waals surface area (Å²) in [5.74, 6) is -0.160. The van der Waals surface area contributed by atoms with Gasteiger partial charge in [0, 0.05) is 6.04 Å². The third kappa shape index (κ3) is 5.73. The zero-order chi connectivity index (χ0) is 20.0. The fraction of sp³-hybridized carbons (Fsp3) is 0.304. The van der Waals surface area contributed by atoms with Gasteiger partial charge in [0.1, 0.15) is 5.75 Å². The zero-order valence-electron chi connectivity index (χ0n) is 15.8. The van der Waals surface area contributed by atoms with Crippen LogP contribution in [0.5, 0.6) is 5.75 Å². The second-order valence-electron chi connectivity index (χ2n) is 6.90. The maximum atomic E-state index is 12.3. The van der Waals surface area contributed by atoms with Crippen molar-refractivity contribution in [2.45, 2.75) is 38.6 Å². The van der Waals surface area contributed by atoms with Crippen LogP contribution in [0.25, 0.3) is 10.8 Å². The number of hydrogen-bond acceptors (Lipinski definition) is 2. The van der Waals surface area contributed by atoms with E-state index in [9.17, 15) is 13.2 Å². The second kappa shape index (κ2) is 9.11. The van der Waals surface area contributed by atoms with Crippen LogP contribution in [0.2, 0.25) is 0 Å². The number of rotatable bonds is 8. The molecule has 0 fully saturated rings. The molecule has 0 aromatic heterocycles. The van der Waals surface area contributed by atoms with Crippen LogP contribution in [0.1, 0.15) is 36.9 Å². The molecule has 0 radical (unpaired) electrons. The van der Waals surface area contributed by atoms with Gasteiger partial charge in [0.05, 0.1) is 0 Å². The minimum absolute atomic E-state index is 0.160. The van der Waals surface area contributed by atoms with Gasteiger partial charge in [-0.3, -0.25) is 0 Å². The Hall–Kier alpha value is -2.53. The molecule has 1 N–H and O–H groups in total. The van der Waals surface area contributed by atoms with Crippen molar-refractivity contribution in [2.24, 2.45) is 0 Å². The van der Waals surface area contributed by atoms with E-state index in [-0.39, 0.29) is 11.8 Å². The molecular weight excluding hydrogens is 363 g/mol. The number of nitrogens with one attached hydrogen (secondary N) is 1. The molecule has 0 aliphatic rings. The first kappa shape index (κ1) is 20.2. The van der Waals surface area contributed by atoms with Gasteiger partial charge in [0.15, 0.2) is 0 Å². The van der Waals surface area contributed by atoms with Crippen molar-refractivity contribution in [1.29, 1.82) is 0 Å². The van der Waals surface area contributed by atoms with Gasteiger partial charge >= 0.3 is 6.36 Å². The fourth-order valence-corrected chi connectivity index (χ4v) is 3.41. The van der Waals surface area contributed by atoms with E-state index in [0.29, 0.717) is 0 Å². The Kier molecular flexibility index (Phi) is 6.57. The van der Waals surface area contributed by atoms with E-state index in [1.165, 1.54) is 28.5 Å². The van der Waals surface area contributed by atoms with Gasteiger partial charge in [-0.1, -0.05) is 54.6 Å². The predicted octanol–water partition coefficient (Wildman–Crippen LogP) is 6.41. The summed E-state index contributed by atoms with van der Waals surface area (Å²) in [6, 6.07) is 21.1. The van der Waals surface area contributed by atoms with Crippen molar-refractivity contribution in [3.05, 3.63) is 77.9 Å². The van der Waals surface area contributed by atoms with E-state index in [2.05, 4.69) is 53.4 Å². The molecule has 0 aliphatic heterocycles. The molecule has 148 valence electrons. The first-order chi connectivity index (χ1) is 13.4. The van der Waals surface area contributed by atoms with E-state index in [0.717, 1.165) is 31.4 Å². The minimum atomic E-state index is -4.65. The molecule has 0 heterocycles.